The van der Waals surface area contributed by atoms with E-state index in [0.717, 1.165) is 18.4 Å². The van der Waals surface area contributed by atoms with Gasteiger partial charge in [-0.05, 0) is 21.6 Å². The van der Waals surface area contributed by atoms with Crippen molar-refractivity contribution in [3.8, 4) is 0 Å². The third kappa shape index (κ3) is 4.41. The van der Waals surface area contributed by atoms with Crippen molar-refractivity contribution in [1.82, 2.24) is 0 Å². The first-order valence-electron chi connectivity index (χ1n) is 5.92. The summed E-state index contributed by atoms with van der Waals surface area (Å²) < 4.78 is 1.79. The lowest BCUT2D eigenvalue weighted by Crippen LogP contribution is -2.16. The molecule has 1 rings (SSSR count). The van der Waals surface area contributed by atoms with E-state index in [4.69, 9.17) is 0 Å². The van der Waals surface area contributed by atoms with Crippen LogP contribution in [0.5, 0.6) is 0 Å². The standard InChI is InChI=1S/C14H19IO2/c1-2-3-9-13(16)12(10-15)14(17)11-7-5-4-6-8-11/h4-8,10,13-14,16-17H,2-3,9H2,1H3/b12-10+/t13-,14-/m1/s1. The lowest BCUT2D eigenvalue weighted by Gasteiger charge is -2.20. The van der Waals surface area contributed by atoms with Crippen molar-refractivity contribution >= 4 is 22.6 Å². The third-order valence-electron chi connectivity index (χ3n) is 2.77. The first kappa shape index (κ1) is 14.7. The molecule has 1 aromatic rings. The molecule has 0 aromatic heterocycles. The minimum Gasteiger partial charge on any atom is -0.389 e. The van der Waals surface area contributed by atoms with E-state index in [2.05, 4.69) is 29.5 Å². The van der Waals surface area contributed by atoms with Gasteiger partial charge in [0.25, 0.3) is 0 Å². The molecule has 0 bridgehead atoms. The summed E-state index contributed by atoms with van der Waals surface area (Å²) in [4.78, 5) is 0. The minimum atomic E-state index is -0.708. The van der Waals surface area contributed by atoms with Gasteiger partial charge in [-0.2, -0.15) is 0 Å². The number of halogens is 1. The van der Waals surface area contributed by atoms with E-state index in [9.17, 15) is 10.2 Å². The van der Waals surface area contributed by atoms with Crippen LogP contribution in [0.15, 0.2) is 40.0 Å². The van der Waals surface area contributed by atoms with Gasteiger partial charge in [-0.15, -0.1) is 0 Å². The van der Waals surface area contributed by atoms with Gasteiger partial charge in [0.2, 0.25) is 0 Å². The largest absolute Gasteiger partial charge is 0.389 e. The minimum absolute atomic E-state index is 0.554. The van der Waals surface area contributed by atoms with Crippen LogP contribution in [-0.2, 0) is 0 Å². The van der Waals surface area contributed by atoms with Gasteiger partial charge in [0.15, 0.2) is 0 Å². The average Bonchev–Trinajstić information content (AvgIpc) is 2.38. The summed E-state index contributed by atoms with van der Waals surface area (Å²) in [6, 6.07) is 9.44. The summed E-state index contributed by atoms with van der Waals surface area (Å²) in [6.07, 6.45) is 1.46. The molecule has 0 radical (unpaired) electrons. The molecule has 0 aliphatic rings. The van der Waals surface area contributed by atoms with Gasteiger partial charge in [-0.3, -0.25) is 0 Å². The molecule has 0 aliphatic heterocycles. The summed E-state index contributed by atoms with van der Waals surface area (Å²) in [5.74, 6) is 0. The number of hydrogen-bond acceptors (Lipinski definition) is 2. The second-order valence-electron chi connectivity index (χ2n) is 4.08. The molecular weight excluding hydrogens is 327 g/mol. The predicted molar refractivity (Wildman–Crippen MR) is 79.0 cm³/mol. The molecule has 0 saturated heterocycles. The van der Waals surface area contributed by atoms with Crippen LogP contribution in [0, 0.1) is 0 Å². The Kier molecular flexibility index (Phi) is 6.77. The van der Waals surface area contributed by atoms with E-state index in [1.165, 1.54) is 0 Å². The Balaban J connectivity index is 2.74. The second kappa shape index (κ2) is 7.84. The van der Waals surface area contributed by atoms with E-state index < -0.39 is 12.2 Å². The smallest absolute Gasteiger partial charge is 0.103 e. The molecule has 1 aromatic carbocycles. The zero-order chi connectivity index (χ0) is 12.7. The molecule has 2 nitrogen and oxygen atoms in total. The third-order valence-corrected chi connectivity index (χ3v) is 3.49. The van der Waals surface area contributed by atoms with Crippen molar-refractivity contribution in [2.75, 3.05) is 0 Å². The van der Waals surface area contributed by atoms with Crippen LogP contribution in [0.25, 0.3) is 0 Å². The van der Waals surface area contributed by atoms with Gasteiger partial charge in [-0.1, -0.05) is 72.7 Å². The molecule has 2 atom stereocenters. The number of aliphatic hydroxyl groups is 2. The van der Waals surface area contributed by atoms with Crippen LogP contribution in [0.1, 0.15) is 37.9 Å². The van der Waals surface area contributed by atoms with E-state index in [1.54, 1.807) is 4.08 Å². The molecule has 94 valence electrons. The summed E-state index contributed by atoms with van der Waals surface area (Å²) in [7, 11) is 0. The maximum absolute atomic E-state index is 10.2. The molecule has 0 amide bonds. The van der Waals surface area contributed by atoms with E-state index in [-0.39, 0.29) is 0 Å². The highest BCUT2D eigenvalue weighted by molar-refractivity contribution is 14.1. The van der Waals surface area contributed by atoms with E-state index >= 15 is 0 Å². The predicted octanol–water partition coefficient (Wildman–Crippen LogP) is 3.59. The lowest BCUT2D eigenvalue weighted by atomic mass is 9.96. The normalized spacial score (nSPS) is 15.6. The van der Waals surface area contributed by atoms with Crippen LogP contribution in [0.4, 0.5) is 0 Å². The number of hydrogen-bond donors (Lipinski definition) is 2. The average molecular weight is 346 g/mol. The van der Waals surface area contributed by atoms with Crippen molar-refractivity contribution in [3.63, 3.8) is 0 Å². The highest BCUT2D eigenvalue weighted by Crippen LogP contribution is 2.27. The number of aliphatic hydroxyl groups excluding tert-OH is 2. The molecule has 0 aliphatic carbocycles. The fourth-order valence-corrected chi connectivity index (χ4v) is 2.46. The van der Waals surface area contributed by atoms with Crippen molar-refractivity contribution in [1.29, 1.82) is 0 Å². The summed E-state index contributed by atoms with van der Waals surface area (Å²) >= 11 is 2.08. The number of unbranched alkanes of at least 4 members (excludes halogenated alkanes) is 1. The molecule has 0 saturated carbocycles. The van der Waals surface area contributed by atoms with Crippen LogP contribution >= 0.6 is 22.6 Å². The van der Waals surface area contributed by atoms with Crippen LogP contribution in [0.3, 0.4) is 0 Å². The molecule has 2 N–H and O–H groups in total. The first-order valence-corrected chi connectivity index (χ1v) is 7.16. The highest BCUT2D eigenvalue weighted by Gasteiger charge is 2.19. The Morgan fingerprint density at radius 2 is 1.94 bits per heavy atom. The Bertz CT molecular complexity index is 348. The topological polar surface area (TPSA) is 40.5 Å². The van der Waals surface area contributed by atoms with Gasteiger partial charge in [0.05, 0.1) is 6.10 Å². The number of rotatable bonds is 6. The van der Waals surface area contributed by atoms with E-state index in [0.29, 0.717) is 12.0 Å². The summed E-state index contributed by atoms with van der Waals surface area (Å²) in [5.41, 5.74) is 1.51. The molecule has 0 spiro atoms. The van der Waals surface area contributed by atoms with Gasteiger partial charge in [-0.25, -0.2) is 0 Å². The number of benzene rings is 1. The Hall–Kier alpha value is -0.390. The van der Waals surface area contributed by atoms with Crippen LogP contribution in [0.2, 0.25) is 0 Å². The fourth-order valence-electron chi connectivity index (χ4n) is 1.71. The maximum Gasteiger partial charge on any atom is 0.103 e. The zero-order valence-electron chi connectivity index (χ0n) is 10.0. The van der Waals surface area contributed by atoms with Crippen molar-refractivity contribution in [2.24, 2.45) is 0 Å². The summed E-state index contributed by atoms with van der Waals surface area (Å²) in [5, 5.41) is 20.3. The summed E-state index contributed by atoms with van der Waals surface area (Å²) in [6.45, 7) is 2.09. The lowest BCUT2D eigenvalue weighted by molar-refractivity contribution is 0.137. The maximum atomic E-state index is 10.2. The molecule has 17 heavy (non-hydrogen) atoms. The van der Waals surface area contributed by atoms with Gasteiger partial charge in [0.1, 0.15) is 6.10 Å². The monoisotopic (exact) mass is 346 g/mol. The Labute approximate surface area is 117 Å². The first-order chi connectivity index (χ1) is 8.20. The van der Waals surface area contributed by atoms with E-state index in [1.807, 2.05) is 30.3 Å². The second-order valence-corrected chi connectivity index (χ2v) is 4.70. The molecular formula is C14H19IO2. The SMILES string of the molecule is CCCC[C@@H](O)/C(=C\I)[C@H](O)c1ccccc1. The zero-order valence-corrected chi connectivity index (χ0v) is 12.2. The Morgan fingerprint density at radius 3 is 2.47 bits per heavy atom. The highest BCUT2D eigenvalue weighted by atomic mass is 127. The van der Waals surface area contributed by atoms with Gasteiger partial charge < -0.3 is 10.2 Å². The molecule has 0 fully saturated rings. The molecule has 0 unspecified atom stereocenters. The fraction of sp³-hybridized carbons (Fsp3) is 0.429. The van der Waals surface area contributed by atoms with Gasteiger partial charge >= 0.3 is 0 Å². The van der Waals surface area contributed by atoms with Crippen molar-refractivity contribution in [3.05, 3.63) is 45.6 Å². The Morgan fingerprint density at radius 1 is 1.29 bits per heavy atom. The van der Waals surface area contributed by atoms with Crippen molar-refractivity contribution < 1.29 is 10.2 Å². The molecule has 0 heterocycles. The van der Waals surface area contributed by atoms with Crippen LogP contribution in [-0.4, -0.2) is 16.3 Å². The van der Waals surface area contributed by atoms with Crippen molar-refractivity contribution in [2.45, 2.75) is 38.4 Å². The quantitative estimate of drug-likeness (QED) is 0.773. The molecule has 3 heteroatoms. The van der Waals surface area contributed by atoms with Gasteiger partial charge in [0, 0.05) is 0 Å². The van der Waals surface area contributed by atoms with Crippen LogP contribution < -0.4 is 0 Å².